The third-order valence-electron chi connectivity index (χ3n) is 7.07. The quantitative estimate of drug-likeness (QED) is 0.0876. The van der Waals surface area contributed by atoms with Crippen molar-refractivity contribution >= 4 is 35.4 Å². The van der Waals surface area contributed by atoms with Crippen LogP contribution in [0.3, 0.4) is 0 Å². The molecule has 0 amide bonds. The molecule has 0 spiro atoms. The SMILES string of the molecule is O=C(O[C@@H](Cc1c(OCl)cncc1OCl)c1ccc(OC(F)F)c(OCC2CC2)c1)c1ccc([N+](=O)[O-])c(OCC2CC2)c1. The number of halogens is 4. The molecule has 2 fully saturated rings. The number of rotatable bonds is 16. The van der Waals surface area contributed by atoms with Gasteiger partial charge >= 0.3 is 18.3 Å². The molecule has 44 heavy (non-hydrogen) atoms. The normalized spacial score (nSPS) is 14.9. The fraction of sp³-hybridized carbons (Fsp3) is 0.379. The van der Waals surface area contributed by atoms with Gasteiger partial charge in [0.2, 0.25) is 0 Å². The van der Waals surface area contributed by atoms with Crippen LogP contribution in [0.1, 0.15) is 53.3 Å². The molecule has 1 aromatic heterocycles. The van der Waals surface area contributed by atoms with E-state index in [0.717, 1.165) is 31.7 Å². The highest BCUT2D eigenvalue weighted by Crippen LogP contribution is 2.40. The second-order valence-corrected chi connectivity index (χ2v) is 10.7. The van der Waals surface area contributed by atoms with Crippen molar-refractivity contribution in [3.63, 3.8) is 0 Å². The molecule has 1 heterocycles. The Balaban J connectivity index is 1.49. The van der Waals surface area contributed by atoms with Gasteiger partial charge in [0.25, 0.3) is 0 Å². The first-order chi connectivity index (χ1) is 21.2. The monoisotopic (exact) mass is 654 g/mol. The smallest absolute Gasteiger partial charge is 0.387 e. The molecule has 2 aliphatic rings. The number of hydrogen-bond donors (Lipinski definition) is 0. The molecule has 0 bridgehead atoms. The Morgan fingerprint density at radius 3 is 2.11 bits per heavy atom. The fourth-order valence-corrected chi connectivity index (χ4v) is 4.58. The minimum absolute atomic E-state index is 0.0216. The van der Waals surface area contributed by atoms with Crippen molar-refractivity contribution in [2.75, 3.05) is 13.2 Å². The maximum atomic E-state index is 13.5. The number of esters is 1. The van der Waals surface area contributed by atoms with Crippen molar-refractivity contribution in [3.05, 3.63) is 75.6 Å². The van der Waals surface area contributed by atoms with E-state index < -0.39 is 23.6 Å². The van der Waals surface area contributed by atoms with Crippen LogP contribution >= 0.6 is 23.7 Å². The molecular formula is C29H26Cl2F2N2O9. The number of carbonyl (C=O) groups is 1. The van der Waals surface area contributed by atoms with Gasteiger partial charge in [-0.15, -0.1) is 0 Å². The van der Waals surface area contributed by atoms with E-state index in [9.17, 15) is 23.7 Å². The second kappa shape index (κ2) is 14.1. The molecule has 1 atom stereocenters. The Hall–Kier alpha value is -4.10. The number of nitrogens with zero attached hydrogens (tertiary/aromatic N) is 2. The number of carbonyl (C=O) groups excluding carboxylic acids is 1. The zero-order valence-corrected chi connectivity index (χ0v) is 24.5. The molecule has 0 N–H and O–H groups in total. The number of pyridine rings is 1. The average molecular weight is 655 g/mol. The summed E-state index contributed by atoms with van der Waals surface area (Å²) in [4.78, 5) is 28.4. The van der Waals surface area contributed by atoms with E-state index in [1.54, 1.807) is 0 Å². The highest BCUT2D eigenvalue weighted by molar-refractivity contribution is 6.10. The highest BCUT2D eigenvalue weighted by Gasteiger charge is 2.29. The zero-order chi connectivity index (χ0) is 31.2. The minimum Gasteiger partial charge on any atom is -0.489 e. The third kappa shape index (κ3) is 8.08. The van der Waals surface area contributed by atoms with E-state index in [1.165, 1.54) is 42.7 Å². The van der Waals surface area contributed by atoms with Crippen LogP contribution in [0.2, 0.25) is 0 Å². The molecule has 3 aromatic rings. The van der Waals surface area contributed by atoms with Crippen LogP contribution in [0.5, 0.6) is 28.7 Å². The van der Waals surface area contributed by atoms with Gasteiger partial charge in [0, 0.05) is 24.1 Å². The Bertz CT molecular complexity index is 1480. The average Bonchev–Trinajstić information content (AvgIpc) is 3.94. The lowest BCUT2D eigenvalue weighted by Crippen LogP contribution is -2.16. The Morgan fingerprint density at radius 1 is 0.909 bits per heavy atom. The number of hydrogen-bond acceptors (Lipinski definition) is 10. The molecule has 2 aromatic carbocycles. The van der Waals surface area contributed by atoms with Crippen molar-refractivity contribution in [1.29, 1.82) is 0 Å². The summed E-state index contributed by atoms with van der Waals surface area (Å²) in [5.41, 5.74) is 0.283. The van der Waals surface area contributed by atoms with E-state index in [-0.39, 0.29) is 58.6 Å². The molecule has 234 valence electrons. The van der Waals surface area contributed by atoms with Gasteiger partial charge in [0.1, 0.15) is 29.8 Å². The standard InChI is InChI=1S/C29H26Cl2F2N2O9/c30-43-26-12-34-13-27(44-31)20(26)11-23(18-6-8-22(42-29(32)33)25(9-18)40-15-17-3-4-17)41-28(36)19-5-7-21(35(37)38)24(10-19)39-14-16-1-2-16/h5-10,12-13,16-17,23,29H,1-4,11,14-15H2/t23-/m0/s1. The first-order valence-electron chi connectivity index (χ1n) is 13.6. The van der Waals surface area contributed by atoms with Gasteiger partial charge in [-0.3, -0.25) is 15.1 Å². The summed E-state index contributed by atoms with van der Waals surface area (Å²) < 4.78 is 58.1. The molecule has 0 radical (unpaired) electrons. The van der Waals surface area contributed by atoms with E-state index in [0.29, 0.717) is 24.0 Å². The lowest BCUT2D eigenvalue weighted by Gasteiger charge is -2.22. The molecule has 0 unspecified atom stereocenters. The number of benzene rings is 2. The fourth-order valence-electron chi connectivity index (χ4n) is 4.32. The van der Waals surface area contributed by atoms with Crippen LogP contribution in [-0.4, -0.2) is 35.7 Å². The number of nitro groups is 1. The number of aromatic nitrogens is 1. The van der Waals surface area contributed by atoms with E-state index in [2.05, 4.69) is 9.72 Å². The zero-order valence-electron chi connectivity index (χ0n) is 23.0. The Kier molecular flexibility index (Phi) is 10.1. The maximum absolute atomic E-state index is 13.5. The summed E-state index contributed by atoms with van der Waals surface area (Å²) in [5, 5.41) is 11.6. The molecule has 0 saturated heterocycles. The van der Waals surface area contributed by atoms with Gasteiger partial charge in [-0.25, -0.2) is 4.79 Å². The molecule has 11 nitrogen and oxygen atoms in total. The first kappa shape index (κ1) is 31.3. The predicted octanol–water partition coefficient (Wildman–Crippen LogP) is 7.37. The van der Waals surface area contributed by atoms with Gasteiger partial charge in [-0.1, -0.05) is 6.07 Å². The van der Waals surface area contributed by atoms with Gasteiger partial charge in [0.05, 0.1) is 36.1 Å². The van der Waals surface area contributed by atoms with E-state index in [1.807, 2.05) is 0 Å². The topological polar surface area (TPSA) is 128 Å². The lowest BCUT2D eigenvalue weighted by molar-refractivity contribution is -0.385. The van der Waals surface area contributed by atoms with E-state index >= 15 is 0 Å². The van der Waals surface area contributed by atoms with Gasteiger partial charge < -0.3 is 27.5 Å². The third-order valence-corrected chi connectivity index (χ3v) is 7.41. The summed E-state index contributed by atoms with van der Waals surface area (Å²) in [6, 6.07) is 7.81. The molecule has 2 aliphatic carbocycles. The van der Waals surface area contributed by atoms with Crippen molar-refractivity contribution in [2.45, 2.75) is 44.8 Å². The van der Waals surface area contributed by atoms with Crippen LogP contribution in [0.4, 0.5) is 14.5 Å². The minimum atomic E-state index is -3.10. The molecule has 15 heteroatoms. The van der Waals surface area contributed by atoms with Crippen LogP contribution in [0.25, 0.3) is 0 Å². The molecule has 2 saturated carbocycles. The molecule has 0 aliphatic heterocycles. The lowest BCUT2D eigenvalue weighted by atomic mass is 10.00. The van der Waals surface area contributed by atoms with Crippen LogP contribution in [0.15, 0.2) is 48.8 Å². The van der Waals surface area contributed by atoms with Gasteiger partial charge in [-0.2, -0.15) is 8.78 Å². The van der Waals surface area contributed by atoms with Crippen LogP contribution < -0.4 is 22.8 Å². The number of nitro benzene ring substituents is 1. The predicted molar refractivity (Wildman–Crippen MR) is 152 cm³/mol. The van der Waals surface area contributed by atoms with Crippen molar-refractivity contribution in [1.82, 2.24) is 4.98 Å². The van der Waals surface area contributed by atoms with Gasteiger partial charge in [-0.05, 0) is 61.3 Å². The summed E-state index contributed by atoms with van der Waals surface area (Å²) in [5.74, 6) is -0.374. The van der Waals surface area contributed by atoms with Crippen molar-refractivity contribution < 1.29 is 46.0 Å². The summed E-state index contributed by atoms with van der Waals surface area (Å²) in [6.07, 6.45) is 5.16. The van der Waals surface area contributed by atoms with E-state index in [4.69, 9.17) is 46.5 Å². The highest BCUT2D eigenvalue weighted by atomic mass is 35.5. The summed E-state index contributed by atoms with van der Waals surface area (Å²) in [6.45, 7) is -2.53. The number of ether oxygens (including phenoxy) is 4. The Morgan fingerprint density at radius 2 is 1.55 bits per heavy atom. The number of alkyl halides is 2. The largest absolute Gasteiger partial charge is 0.489 e. The molecular weight excluding hydrogens is 629 g/mol. The molecule has 5 rings (SSSR count). The second-order valence-electron chi connectivity index (χ2n) is 10.4. The first-order valence-corrected chi connectivity index (χ1v) is 14.2. The Labute approximate surface area is 260 Å². The van der Waals surface area contributed by atoms with Gasteiger partial charge in [0.15, 0.2) is 28.7 Å². The van der Waals surface area contributed by atoms with Crippen molar-refractivity contribution in [2.24, 2.45) is 11.8 Å². The summed E-state index contributed by atoms with van der Waals surface area (Å²) in [7, 11) is 0. The summed E-state index contributed by atoms with van der Waals surface area (Å²) >= 11 is 11.3. The van der Waals surface area contributed by atoms with Crippen molar-refractivity contribution in [3.8, 4) is 28.7 Å². The van der Waals surface area contributed by atoms with Crippen LogP contribution in [0, 0.1) is 22.0 Å². The van der Waals surface area contributed by atoms with Crippen LogP contribution in [-0.2, 0) is 11.2 Å². The maximum Gasteiger partial charge on any atom is 0.387 e.